The predicted molar refractivity (Wildman–Crippen MR) is 60.8 cm³/mol. The van der Waals surface area contributed by atoms with E-state index in [2.05, 4.69) is 15.3 Å². The Balaban J connectivity index is 2.64. The molecule has 5 heteroatoms. The topological polar surface area (TPSA) is 73.1 Å². The SMILES string of the molecule is CCc1nc(N)cc(NCC(C)OC)n1. The van der Waals surface area contributed by atoms with E-state index in [-0.39, 0.29) is 6.10 Å². The minimum absolute atomic E-state index is 0.145. The summed E-state index contributed by atoms with van der Waals surface area (Å²) in [5.74, 6) is 2.00. The molecule has 1 unspecified atom stereocenters. The molecule has 0 saturated carbocycles. The van der Waals surface area contributed by atoms with E-state index in [1.807, 2.05) is 13.8 Å². The van der Waals surface area contributed by atoms with Crippen molar-refractivity contribution < 1.29 is 4.74 Å². The monoisotopic (exact) mass is 210 g/mol. The lowest BCUT2D eigenvalue weighted by atomic mass is 10.4. The number of nitrogens with two attached hydrogens (primary N) is 1. The molecule has 0 saturated heterocycles. The average Bonchev–Trinajstić information content (AvgIpc) is 2.25. The van der Waals surface area contributed by atoms with Gasteiger partial charge in [0, 0.05) is 26.1 Å². The Labute approximate surface area is 90.1 Å². The third-order valence-electron chi connectivity index (χ3n) is 2.08. The first kappa shape index (κ1) is 11.7. The van der Waals surface area contributed by atoms with Crippen LogP contribution in [-0.4, -0.2) is 29.7 Å². The van der Waals surface area contributed by atoms with Crippen LogP contribution in [0.4, 0.5) is 11.6 Å². The van der Waals surface area contributed by atoms with Gasteiger partial charge in [-0.15, -0.1) is 0 Å². The van der Waals surface area contributed by atoms with Crippen molar-refractivity contribution in [3.63, 3.8) is 0 Å². The van der Waals surface area contributed by atoms with Crippen LogP contribution in [0.2, 0.25) is 0 Å². The van der Waals surface area contributed by atoms with Crippen LogP contribution in [-0.2, 0) is 11.2 Å². The van der Waals surface area contributed by atoms with Crippen molar-refractivity contribution in [3.8, 4) is 0 Å². The molecule has 0 aliphatic heterocycles. The Morgan fingerprint density at radius 2 is 2.27 bits per heavy atom. The zero-order valence-electron chi connectivity index (χ0n) is 9.45. The van der Waals surface area contributed by atoms with Crippen LogP contribution in [0.3, 0.4) is 0 Å². The fourth-order valence-electron chi connectivity index (χ4n) is 1.10. The van der Waals surface area contributed by atoms with Gasteiger partial charge in [0.05, 0.1) is 6.10 Å². The van der Waals surface area contributed by atoms with Gasteiger partial charge in [0.1, 0.15) is 17.5 Å². The molecule has 0 spiro atoms. The molecule has 3 N–H and O–H groups in total. The minimum Gasteiger partial charge on any atom is -0.384 e. The Bertz CT molecular complexity index is 316. The van der Waals surface area contributed by atoms with E-state index in [0.717, 1.165) is 18.1 Å². The van der Waals surface area contributed by atoms with E-state index in [4.69, 9.17) is 10.5 Å². The van der Waals surface area contributed by atoms with Crippen molar-refractivity contribution >= 4 is 11.6 Å². The highest BCUT2D eigenvalue weighted by atomic mass is 16.5. The van der Waals surface area contributed by atoms with Crippen molar-refractivity contribution in [2.24, 2.45) is 0 Å². The molecule has 0 aliphatic carbocycles. The number of aromatic nitrogens is 2. The molecule has 0 aromatic carbocycles. The zero-order chi connectivity index (χ0) is 11.3. The second-order valence-corrected chi connectivity index (χ2v) is 3.38. The van der Waals surface area contributed by atoms with Crippen LogP contribution in [0.25, 0.3) is 0 Å². The van der Waals surface area contributed by atoms with Crippen LogP contribution < -0.4 is 11.1 Å². The molecule has 0 amide bonds. The smallest absolute Gasteiger partial charge is 0.132 e. The molecule has 1 rings (SSSR count). The summed E-state index contributed by atoms with van der Waals surface area (Å²) in [7, 11) is 1.68. The van der Waals surface area contributed by atoms with E-state index >= 15 is 0 Å². The van der Waals surface area contributed by atoms with Gasteiger partial charge in [0.25, 0.3) is 0 Å². The highest BCUT2D eigenvalue weighted by molar-refractivity contribution is 5.44. The summed E-state index contributed by atoms with van der Waals surface area (Å²) in [6, 6.07) is 1.72. The molecule has 0 aliphatic rings. The summed E-state index contributed by atoms with van der Waals surface area (Å²) in [4.78, 5) is 8.40. The number of hydrogen-bond donors (Lipinski definition) is 2. The van der Waals surface area contributed by atoms with Gasteiger partial charge < -0.3 is 15.8 Å². The summed E-state index contributed by atoms with van der Waals surface area (Å²) >= 11 is 0. The molecule has 0 radical (unpaired) electrons. The van der Waals surface area contributed by atoms with Crippen molar-refractivity contribution in [2.75, 3.05) is 24.7 Å². The van der Waals surface area contributed by atoms with Crippen LogP contribution in [0.15, 0.2) is 6.07 Å². The number of nitrogens with zero attached hydrogens (tertiary/aromatic N) is 2. The first-order valence-corrected chi connectivity index (χ1v) is 5.05. The summed E-state index contributed by atoms with van der Waals surface area (Å²) in [5.41, 5.74) is 5.65. The van der Waals surface area contributed by atoms with E-state index in [1.54, 1.807) is 13.2 Å². The zero-order valence-corrected chi connectivity index (χ0v) is 9.45. The number of aryl methyl sites for hydroxylation is 1. The highest BCUT2D eigenvalue weighted by Gasteiger charge is 2.03. The van der Waals surface area contributed by atoms with Crippen LogP contribution in [0.1, 0.15) is 19.7 Å². The van der Waals surface area contributed by atoms with Gasteiger partial charge in [0.15, 0.2) is 0 Å². The maximum atomic E-state index is 5.65. The molecule has 0 fully saturated rings. The summed E-state index contributed by atoms with van der Waals surface area (Å²) in [6.07, 6.45) is 0.922. The molecule has 1 aromatic rings. The fraction of sp³-hybridized carbons (Fsp3) is 0.600. The van der Waals surface area contributed by atoms with E-state index in [0.29, 0.717) is 12.4 Å². The maximum Gasteiger partial charge on any atom is 0.132 e. The second kappa shape index (κ2) is 5.50. The maximum absolute atomic E-state index is 5.65. The van der Waals surface area contributed by atoms with E-state index in [1.165, 1.54) is 0 Å². The molecule has 1 atom stereocenters. The average molecular weight is 210 g/mol. The number of nitrogen functional groups attached to an aromatic ring is 1. The van der Waals surface area contributed by atoms with E-state index < -0.39 is 0 Å². The summed E-state index contributed by atoms with van der Waals surface area (Å²) in [5, 5.41) is 3.15. The predicted octanol–water partition coefficient (Wildman–Crippen LogP) is 1.07. The summed E-state index contributed by atoms with van der Waals surface area (Å²) in [6.45, 7) is 4.69. The van der Waals surface area contributed by atoms with Crippen LogP contribution >= 0.6 is 0 Å². The first-order chi connectivity index (χ1) is 7.15. The van der Waals surface area contributed by atoms with Crippen LogP contribution in [0.5, 0.6) is 0 Å². The molecular weight excluding hydrogens is 192 g/mol. The Hall–Kier alpha value is -1.36. The molecule has 84 valence electrons. The lowest BCUT2D eigenvalue weighted by Gasteiger charge is -2.11. The normalized spacial score (nSPS) is 12.5. The molecule has 1 aromatic heterocycles. The Morgan fingerprint density at radius 1 is 1.53 bits per heavy atom. The number of hydrogen-bond acceptors (Lipinski definition) is 5. The van der Waals surface area contributed by atoms with Gasteiger partial charge >= 0.3 is 0 Å². The first-order valence-electron chi connectivity index (χ1n) is 5.05. The van der Waals surface area contributed by atoms with Crippen LogP contribution in [0, 0.1) is 0 Å². The third-order valence-corrected chi connectivity index (χ3v) is 2.08. The largest absolute Gasteiger partial charge is 0.384 e. The number of methoxy groups -OCH3 is 1. The van der Waals surface area contributed by atoms with Gasteiger partial charge in [-0.1, -0.05) is 6.92 Å². The summed E-state index contributed by atoms with van der Waals surface area (Å²) < 4.78 is 5.12. The second-order valence-electron chi connectivity index (χ2n) is 3.38. The minimum atomic E-state index is 0.145. The molecule has 15 heavy (non-hydrogen) atoms. The highest BCUT2D eigenvalue weighted by Crippen LogP contribution is 2.08. The van der Waals surface area contributed by atoms with Gasteiger partial charge in [-0.3, -0.25) is 0 Å². The van der Waals surface area contributed by atoms with Gasteiger partial charge in [0.2, 0.25) is 0 Å². The lowest BCUT2D eigenvalue weighted by Crippen LogP contribution is -2.19. The number of ether oxygens (including phenoxy) is 1. The van der Waals surface area contributed by atoms with Gasteiger partial charge in [-0.05, 0) is 6.92 Å². The molecule has 0 bridgehead atoms. The van der Waals surface area contributed by atoms with Crippen molar-refractivity contribution in [1.82, 2.24) is 9.97 Å². The number of anilines is 2. The Kier molecular flexibility index (Phi) is 4.30. The number of nitrogens with one attached hydrogen (secondary N) is 1. The quantitative estimate of drug-likeness (QED) is 0.760. The molecule has 5 nitrogen and oxygen atoms in total. The van der Waals surface area contributed by atoms with Gasteiger partial charge in [-0.2, -0.15) is 0 Å². The molecule has 1 heterocycles. The number of rotatable bonds is 5. The fourth-order valence-corrected chi connectivity index (χ4v) is 1.10. The lowest BCUT2D eigenvalue weighted by molar-refractivity contribution is 0.128. The van der Waals surface area contributed by atoms with Gasteiger partial charge in [-0.25, -0.2) is 9.97 Å². The van der Waals surface area contributed by atoms with Crippen molar-refractivity contribution in [2.45, 2.75) is 26.4 Å². The van der Waals surface area contributed by atoms with Crippen molar-refractivity contribution in [1.29, 1.82) is 0 Å². The van der Waals surface area contributed by atoms with Crippen molar-refractivity contribution in [3.05, 3.63) is 11.9 Å². The van der Waals surface area contributed by atoms with E-state index in [9.17, 15) is 0 Å². The Morgan fingerprint density at radius 3 is 2.87 bits per heavy atom. The third kappa shape index (κ3) is 3.71. The standard InChI is InChI=1S/C10H18N4O/c1-4-9-13-8(11)5-10(14-9)12-6-7(2)15-3/h5,7H,4,6H2,1-3H3,(H3,11,12,13,14). The molecular formula is C10H18N4O.